The fraction of sp³-hybridized carbons (Fsp3) is 0.611. The van der Waals surface area contributed by atoms with Crippen LogP contribution in [0.5, 0.6) is 0 Å². The Kier molecular flexibility index (Phi) is 4.15. The molecule has 0 amide bonds. The van der Waals surface area contributed by atoms with Gasteiger partial charge in [0.2, 0.25) is 0 Å². The van der Waals surface area contributed by atoms with Crippen molar-refractivity contribution in [3.63, 3.8) is 0 Å². The average molecular weight is 315 g/mol. The second kappa shape index (κ2) is 5.73. The van der Waals surface area contributed by atoms with Gasteiger partial charge in [0, 0.05) is 18.0 Å². The number of rotatable bonds is 3. The molecule has 2 fully saturated rings. The fourth-order valence-electron chi connectivity index (χ4n) is 3.17. The maximum Gasteiger partial charge on any atom is 0.494 e. The summed E-state index contributed by atoms with van der Waals surface area (Å²) in [7, 11) is 1.69. The molecule has 0 spiro atoms. The molecule has 2 aliphatic heterocycles. The highest BCUT2D eigenvalue weighted by Gasteiger charge is 2.51. The molecule has 0 saturated carbocycles. The molecule has 0 aliphatic carbocycles. The van der Waals surface area contributed by atoms with Gasteiger partial charge in [-0.15, -0.1) is 0 Å². The SMILES string of the molecule is CN1CCC(C(=O)c2ccc(B3OC(C)(C)C(C)(C)O3)cc2)C1. The van der Waals surface area contributed by atoms with E-state index in [4.69, 9.17) is 9.31 Å². The number of nitrogens with zero attached hydrogens (tertiary/aromatic N) is 1. The number of likely N-dealkylation sites (tertiary alicyclic amines) is 1. The van der Waals surface area contributed by atoms with Crippen LogP contribution in [0.4, 0.5) is 0 Å². The smallest absolute Gasteiger partial charge is 0.399 e. The minimum atomic E-state index is -0.373. The quantitative estimate of drug-likeness (QED) is 0.633. The van der Waals surface area contributed by atoms with Gasteiger partial charge >= 0.3 is 7.12 Å². The zero-order valence-electron chi connectivity index (χ0n) is 14.8. The summed E-state index contributed by atoms with van der Waals surface area (Å²) in [5.41, 5.74) is 1.05. The van der Waals surface area contributed by atoms with Crippen molar-refractivity contribution < 1.29 is 14.1 Å². The first-order chi connectivity index (χ1) is 10.7. The van der Waals surface area contributed by atoms with Crippen LogP contribution in [-0.4, -0.2) is 49.1 Å². The van der Waals surface area contributed by atoms with Crippen molar-refractivity contribution in [1.82, 2.24) is 4.90 Å². The highest BCUT2D eigenvalue weighted by Crippen LogP contribution is 2.36. The molecule has 4 nitrogen and oxygen atoms in total. The number of hydrogen-bond acceptors (Lipinski definition) is 4. The average Bonchev–Trinajstić information content (AvgIpc) is 3.00. The number of hydrogen-bond donors (Lipinski definition) is 0. The first-order valence-corrected chi connectivity index (χ1v) is 8.38. The van der Waals surface area contributed by atoms with Crippen LogP contribution in [0.25, 0.3) is 0 Å². The Morgan fingerprint density at radius 1 is 1.13 bits per heavy atom. The molecule has 23 heavy (non-hydrogen) atoms. The van der Waals surface area contributed by atoms with Crippen LogP contribution in [0.3, 0.4) is 0 Å². The lowest BCUT2D eigenvalue weighted by Crippen LogP contribution is -2.41. The lowest BCUT2D eigenvalue weighted by atomic mass is 9.78. The monoisotopic (exact) mass is 315 g/mol. The second-order valence-corrected chi connectivity index (χ2v) is 7.82. The number of benzene rings is 1. The van der Waals surface area contributed by atoms with E-state index in [1.54, 1.807) is 0 Å². The first-order valence-electron chi connectivity index (χ1n) is 8.38. The standard InChI is InChI=1S/C18H26BNO3/c1-17(2)18(3,4)23-19(22-17)15-8-6-13(7-9-15)16(21)14-10-11-20(5)12-14/h6-9,14H,10-12H2,1-5H3. The summed E-state index contributed by atoms with van der Waals surface area (Å²) in [6.07, 6.45) is 0.953. The maximum atomic E-state index is 12.5. The number of carbonyl (C=O) groups is 1. The van der Waals surface area contributed by atoms with Gasteiger partial charge in [0.15, 0.2) is 5.78 Å². The summed E-state index contributed by atoms with van der Waals surface area (Å²) in [5, 5.41) is 0. The van der Waals surface area contributed by atoms with E-state index in [0.29, 0.717) is 0 Å². The molecule has 1 aromatic rings. The molecule has 1 aromatic carbocycles. The molecule has 124 valence electrons. The molecule has 0 radical (unpaired) electrons. The minimum Gasteiger partial charge on any atom is -0.399 e. The molecular formula is C18H26BNO3. The van der Waals surface area contributed by atoms with Crippen LogP contribution in [-0.2, 0) is 9.31 Å². The van der Waals surface area contributed by atoms with Crippen LogP contribution in [0.15, 0.2) is 24.3 Å². The molecule has 2 saturated heterocycles. The molecule has 5 heteroatoms. The van der Waals surface area contributed by atoms with Crippen LogP contribution in [0.2, 0.25) is 0 Å². The van der Waals surface area contributed by atoms with Gasteiger partial charge in [-0.2, -0.15) is 0 Å². The molecule has 3 rings (SSSR count). The molecule has 0 N–H and O–H groups in total. The lowest BCUT2D eigenvalue weighted by Gasteiger charge is -2.32. The Morgan fingerprint density at radius 3 is 2.17 bits per heavy atom. The van der Waals surface area contributed by atoms with E-state index >= 15 is 0 Å². The fourth-order valence-corrected chi connectivity index (χ4v) is 3.17. The van der Waals surface area contributed by atoms with E-state index in [1.165, 1.54) is 0 Å². The molecule has 1 unspecified atom stereocenters. The number of carbonyl (C=O) groups excluding carboxylic acids is 1. The summed E-state index contributed by atoms with van der Waals surface area (Å²) < 4.78 is 12.1. The summed E-state index contributed by atoms with van der Waals surface area (Å²) in [4.78, 5) is 14.8. The maximum absolute atomic E-state index is 12.5. The van der Waals surface area contributed by atoms with E-state index < -0.39 is 0 Å². The topological polar surface area (TPSA) is 38.8 Å². The lowest BCUT2D eigenvalue weighted by molar-refractivity contribution is 0.00578. The van der Waals surface area contributed by atoms with Crippen molar-refractivity contribution in [2.45, 2.75) is 45.3 Å². The van der Waals surface area contributed by atoms with Gasteiger partial charge in [-0.05, 0) is 53.2 Å². The Bertz CT molecular complexity index is 581. The molecule has 2 aliphatic rings. The molecule has 0 aromatic heterocycles. The summed E-state index contributed by atoms with van der Waals surface area (Å²) in [5.74, 6) is 0.373. The third-order valence-corrected chi connectivity index (χ3v) is 5.48. The first kappa shape index (κ1) is 16.7. The van der Waals surface area contributed by atoms with Gasteiger partial charge < -0.3 is 14.2 Å². The van der Waals surface area contributed by atoms with Gasteiger partial charge in [-0.1, -0.05) is 24.3 Å². The summed E-state index contributed by atoms with van der Waals surface area (Å²) >= 11 is 0. The Balaban J connectivity index is 1.72. The van der Waals surface area contributed by atoms with Crippen molar-refractivity contribution in [2.24, 2.45) is 5.92 Å². The van der Waals surface area contributed by atoms with E-state index in [1.807, 2.05) is 52.0 Å². The number of ketones is 1. The highest BCUT2D eigenvalue weighted by atomic mass is 16.7. The van der Waals surface area contributed by atoms with Crippen molar-refractivity contribution in [1.29, 1.82) is 0 Å². The summed E-state index contributed by atoms with van der Waals surface area (Å²) in [6, 6.07) is 7.71. The van der Waals surface area contributed by atoms with Crippen molar-refractivity contribution >= 4 is 18.4 Å². The third kappa shape index (κ3) is 3.10. The van der Waals surface area contributed by atoms with Crippen molar-refractivity contribution in [3.05, 3.63) is 29.8 Å². The Labute approximate surface area is 139 Å². The van der Waals surface area contributed by atoms with E-state index in [2.05, 4.69) is 11.9 Å². The van der Waals surface area contributed by atoms with E-state index in [0.717, 1.165) is 30.5 Å². The molecule has 1 atom stereocenters. The zero-order chi connectivity index (χ0) is 16.8. The molecule has 2 heterocycles. The predicted octanol–water partition coefficient (Wildman–Crippen LogP) is 2.12. The predicted molar refractivity (Wildman–Crippen MR) is 92.1 cm³/mol. The molecular weight excluding hydrogens is 289 g/mol. The van der Waals surface area contributed by atoms with Gasteiger partial charge in [0.1, 0.15) is 0 Å². The van der Waals surface area contributed by atoms with Crippen LogP contribution in [0, 0.1) is 5.92 Å². The van der Waals surface area contributed by atoms with Gasteiger partial charge in [-0.25, -0.2) is 0 Å². The highest BCUT2D eigenvalue weighted by molar-refractivity contribution is 6.62. The minimum absolute atomic E-state index is 0.127. The second-order valence-electron chi connectivity index (χ2n) is 7.82. The van der Waals surface area contributed by atoms with Gasteiger partial charge in [0.25, 0.3) is 0 Å². The van der Waals surface area contributed by atoms with E-state index in [9.17, 15) is 4.79 Å². The summed E-state index contributed by atoms with van der Waals surface area (Å²) in [6.45, 7) is 10.0. The third-order valence-electron chi connectivity index (χ3n) is 5.48. The van der Waals surface area contributed by atoms with Crippen molar-refractivity contribution in [2.75, 3.05) is 20.1 Å². The molecule has 0 bridgehead atoms. The number of Topliss-reactive ketones (excluding diaryl/α,β-unsaturated/α-hetero) is 1. The van der Waals surface area contributed by atoms with Crippen LogP contribution < -0.4 is 5.46 Å². The Morgan fingerprint density at radius 2 is 1.70 bits per heavy atom. The van der Waals surface area contributed by atoms with Crippen LogP contribution >= 0.6 is 0 Å². The van der Waals surface area contributed by atoms with Gasteiger partial charge in [0.05, 0.1) is 11.2 Å². The zero-order valence-corrected chi connectivity index (χ0v) is 14.8. The van der Waals surface area contributed by atoms with Crippen molar-refractivity contribution in [3.8, 4) is 0 Å². The normalized spacial score (nSPS) is 26.7. The Hall–Kier alpha value is -1.17. The van der Waals surface area contributed by atoms with Crippen LogP contribution in [0.1, 0.15) is 44.5 Å². The largest absolute Gasteiger partial charge is 0.494 e. The van der Waals surface area contributed by atoms with E-state index in [-0.39, 0.29) is 30.0 Å². The van der Waals surface area contributed by atoms with Gasteiger partial charge in [-0.3, -0.25) is 4.79 Å².